The number of morpholine rings is 1. The topological polar surface area (TPSA) is 71.0 Å². The van der Waals surface area contributed by atoms with E-state index in [0.717, 1.165) is 44.8 Å². The van der Waals surface area contributed by atoms with Crippen molar-refractivity contribution in [2.45, 2.75) is 39.0 Å². The van der Waals surface area contributed by atoms with Gasteiger partial charge in [-0.05, 0) is 24.0 Å². The Morgan fingerprint density at radius 2 is 2.00 bits per heavy atom. The highest BCUT2D eigenvalue weighted by Gasteiger charge is 2.28. The summed E-state index contributed by atoms with van der Waals surface area (Å²) in [6.07, 6.45) is -1.90. The molecule has 11 heteroatoms. The molecule has 1 aliphatic heterocycles. The lowest BCUT2D eigenvalue weighted by atomic mass is 10.0. The highest BCUT2D eigenvalue weighted by atomic mass is 127. The highest BCUT2D eigenvalue weighted by Crippen LogP contribution is 2.17. The molecule has 1 aliphatic rings. The minimum Gasteiger partial charge on any atom is -0.468 e. The molecule has 2 rings (SSSR count). The molecular formula is C20H33F3IN5O2. The van der Waals surface area contributed by atoms with E-state index in [2.05, 4.69) is 39.4 Å². The van der Waals surface area contributed by atoms with Crippen molar-refractivity contribution in [1.29, 1.82) is 0 Å². The van der Waals surface area contributed by atoms with Crippen LogP contribution in [0.5, 0.6) is 5.88 Å². The van der Waals surface area contributed by atoms with Crippen molar-refractivity contribution in [3.8, 4) is 5.88 Å². The third-order valence-electron chi connectivity index (χ3n) is 4.68. The Morgan fingerprint density at radius 1 is 1.29 bits per heavy atom. The van der Waals surface area contributed by atoms with Crippen LogP contribution in [0, 0.1) is 5.92 Å². The molecule has 0 aromatic carbocycles. The van der Waals surface area contributed by atoms with Crippen molar-refractivity contribution in [2.75, 3.05) is 46.5 Å². The fraction of sp³-hybridized carbons (Fsp3) is 0.700. The number of ether oxygens (including phenoxy) is 2. The lowest BCUT2D eigenvalue weighted by Gasteiger charge is -2.35. The maximum atomic E-state index is 12.3. The lowest BCUT2D eigenvalue weighted by molar-refractivity contribution is -0.154. The first kappa shape index (κ1) is 27.7. The summed E-state index contributed by atoms with van der Waals surface area (Å²) in [5.41, 5.74) is 0.747. The Kier molecular flexibility index (Phi) is 12.5. The number of pyridine rings is 1. The van der Waals surface area contributed by atoms with Crippen LogP contribution in [0.3, 0.4) is 0 Å². The van der Waals surface area contributed by atoms with Gasteiger partial charge in [0.2, 0.25) is 5.88 Å². The van der Waals surface area contributed by atoms with Crippen LogP contribution in [-0.4, -0.2) is 74.6 Å². The molecule has 7 nitrogen and oxygen atoms in total. The van der Waals surface area contributed by atoms with Gasteiger partial charge in [0.05, 0.1) is 13.2 Å². The molecule has 1 aromatic rings. The molecule has 0 radical (unpaired) electrons. The average Bonchev–Trinajstić information content (AvgIpc) is 2.71. The summed E-state index contributed by atoms with van der Waals surface area (Å²) in [4.78, 5) is 10.5. The SMILES string of the molecule is CN=C(NCc1ccnc(OCC(F)(F)F)c1)NCC(CC(C)C)N1CCOCC1.I. The first-order valence-corrected chi connectivity index (χ1v) is 10.2. The summed E-state index contributed by atoms with van der Waals surface area (Å²) in [5.74, 6) is 1.15. The fourth-order valence-electron chi connectivity index (χ4n) is 3.26. The first-order valence-electron chi connectivity index (χ1n) is 10.2. The van der Waals surface area contributed by atoms with Gasteiger partial charge in [0, 0.05) is 51.5 Å². The van der Waals surface area contributed by atoms with Crippen molar-refractivity contribution < 1.29 is 22.6 Å². The van der Waals surface area contributed by atoms with Gasteiger partial charge in [0.1, 0.15) is 0 Å². The quantitative estimate of drug-likeness (QED) is 0.276. The molecular weight excluding hydrogens is 526 g/mol. The summed E-state index contributed by atoms with van der Waals surface area (Å²) >= 11 is 0. The number of nitrogens with one attached hydrogen (secondary N) is 2. The smallest absolute Gasteiger partial charge is 0.422 e. The van der Waals surface area contributed by atoms with Gasteiger partial charge in [-0.1, -0.05) is 13.8 Å². The van der Waals surface area contributed by atoms with Crippen LogP contribution >= 0.6 is 24.0 Å². The monoisotopic (exact) mass is 559 g/mol. The zero-order valence-electron chi connectivity index (χ0n) is 18.2. The number of alkyl halides is 3. The van der Waals surface area contributed by atoms with Gasteiger partial charge >= 0.3 is 6.18 Å². The normalized spacial score (nSPS) is 16.5. The Hall–Kier alpha value is -1.34. The third kappa shape index (κ3) is 11.2. The lowest BCUT2D eigenvalue weighted by Crippen LogP contribution is -2.50. The molecule has 2 N–H and O–H groups in total. The van der Waals surface area contributed by atoms with E-state index in [-0.39, 0.29) is 29.9 Å². The maximum Gasteiger partial charge on any atom is 0.422 e. The average molecular weight is 559 g/mol. The van der Waals surface area contributed by atoms with Crippen molar-refractivity contribution >= 4 is 29.9 Å². The largest absolute Gasteiger partial charge is 0.468 e. The molecule has 31 heavy (non-hydrogen) atoms. The van der Waals surface area contributed by atoms with Crippen molar-refractivity contribution in [3.63, 3.8) is 0 Å². The summed E-state index contributed by atoms with van der Waals surface area (Å²) in [7, 11) is 1.69. The van der Waals surface area contributed by atoms with Gasteiger partial charge in [0.15, 0.2) is 12.6 Å². The van der Waals surface area contributed by atoms with Crippen LogP contribution in [0.2, 0.25) is 0 Å². The number of aromatic nitrogens is 1. The fourth-order valence-corrected chi connectivity index (χ4v) is 3.26. The number of hydrogen-bond donors (Lipinski definition) is 2. The Labute approximate surface area is 199 Å². The third-order valence-corrected chi connectivity index (χ3v) is 4.68. The Bertz CT molecular complexity index is 670. The zero-order chi connectivity index (χ0) is 22.0. The van der Waals surface area contributed by atoms with Gasteiger partial charge in [-0.15, -0.1) is 24.0 Å². The van der Waals surface area contributed by atoms with E-state index in [1.165, 1.54) is 12.3 Å². The summed E-state index contributed by atoms with van der Waals surface area (Å²) < 4.78 is 47.1. The Balaban J connectivity index is 0.00000480. The zero-order valence-corrected chi connectivity index (χ0v) is 20.6. The molecule has 1 aromatic heterocycles. The van der Waals surface area contributed by atoms with Crippen LogP contribution in [0.1, 0.15) is 25.8 Å². The predicted molar refractivity (Wildman–Crippen MR) is 125 cm³/mol. The first-order chi connectivity index (χ1) is 14.3. The van der Waals surface area contributed by atoms with Crippen LogP contribution in [0.15, 0.2) is 23.3 Å². The molecule has 1 atom stereocenters. The molecule has 1 unspecified atom stereocenters. The van der Waals surface area contributed by atoms with Crippen LogP contribution in [0.4, 0.5) is 13.2 Å². The standard InChI is InChI=1S/C20H32F3N5O2.HI/c1-15(2)10-17(28-6-8-29-9-7-28)13-27-19(24-3)26-12-16-4-5-25-18(11-16)30-14-20(21,22)23;/h4-5,11,15,17H,6-10,12-14H2,1-3H3,(H2,24,26,27);1H. The number of rotatable bonds is 9. The number of hydrogen-bond acceptors (Lipinski definition) is 5. The van der Waals surface area contributed by atoms with E-state index < -0.39 is 12.8 Å². The van der Waals surface area contributed by atoms with Gasteiger partial charge in [-0.25, -0.2) is 4.98 Å². The summed E-state index contributed by atoms with van der Waals surface area (Å²) in [6.45, 7) is 7.53. The van der Waals surface area contributed by atoms with E-state index in [0.29, 0.717) is 24.5 Å². The summed E-state index contributed by atoms with van der Waals surface area (Å²) in [6, 6.07) is 3.58. The van der Waals surface area contributed by atoms with Crippen LogP contribution in [0.25, 0.3) is 0 Å². The Morgan fingerprint density at radius 3 is 2.61 bits per heavy atom. The molecule has 1 saturated heterocycles. The van der Waals surface area contributed by atoms with Gasteiger partial charge in [-0.2, -0.15) is 13.2 Å². The number of guanidine groups is 1. The van der Waals surface area contributed by atoms with E-state index in [1.54, 1.807) is 13.1 Å². The van der Waals surface area contributed by atoms with E-state index in [4.69, 9.17) is 9.47 Å². The maximum absolute atomic E-state index is 12.3. The van der Waals surface area contributed by atoms with E-state index >= 15 is 0 Å². The highest BCUT2D eigenvalue weighted by molar-refractivity contribution is 14.0. The number of aliphatic imine (C=N–C) groups is 1. The van der Waals surface area contributed by atoms with E-state index in [1.807, 2.05) is 0 Å². The molecule has 0 aliphatic carbocycles. The van der Waals surface area contributed by atoms with E-state index in [9.17, 15) is 13.2 Å². The summed E-state index contributed by atoms with van der Waals surface area (Å²) in [5, 5.41) is 6.55. The number of nitrogens with zero attached hydrogens (tertiary/aromatic N) is 3. The minimum atomic E-state index is -4.39. The second-order valence-electron chi connectivity index (χ2n) is 7.64. The molecule has 0 spiro atoms. The van der Waals surface area contributed by atoms with Gasteiger partial charge in [-0.3, -0.25) is 9.89 Å². The van der Waals surface area contributed by atoms with Gasteiger partial charge in [0.25, 0.3) is 0 Å². The predicted octanol–water partition coefficient (Wildman–Crippen LogP) is 3.05. The minimum absolute atomic E-state index is 0. The number of halogens is 4. The van der Waals surface area contributed by atoms with Gasteiger partial charge < -0.3 is 20.1 Å². The van der Waals surface area contributed by atoms with Crippen LogP contribution in [-0.2, 0) is 11.3 Å². The molecule has 2 heterocycles. The molecule has 0 saturated carbocycles. The molecule has 1 fully saturated rings. The second kappa shape index (κ2) is 13.9. The molecule has 0 bridgehead atoms. The van der Waals surface area contributed by atoms with Crippen LogP contribution < -0.4 is 15.4 Å². The molecule has 178 valence electrons. The van der Waals surface area contributed by atoms with Crippen molar-refractivity contribution in [2.24, 2.45) is 10.9 Å². The molecule has 0 amide bonds. The second-order valence-corrected chi connectivity index (χ2v) is 7.64. The van der Waals surface area contributed by atoms with Crippen molar-refractivity contribution in [3.05, 3.63) is 23.9 Å². The van der Waals surface area contributed by atoms with Crippen molar-refractivity contribution in [1.82, 2.24) is 20.5 Å².